The highest BCUT2D eigenvalue weighted by Crippen LogP contribution is 2.46. The predicted molar refractivity (Wildman–Crippen MR) is 95.4 cm³/mol. The minimum atomic E-state index is -0.579. The average molecular weight is 359 g/mol. The maximum atomic E-state index is 12.6. The number of fused-ring (bicyclic) bond motifs is 2. The molecule has 1 aromatic carbocycles. The van der Waals surface area contributed by atoms with Gasteiger partial charge in [0.1, 0.15) is 5.82 Å². The Hall–Kier alpha value is -2.78. The number of phenols is 1. The molecule has 1 aromatic heterocycles. The van der Waals surface area contributed by atoms with Gasteiger partial charge in [-0.3, -0.25) is 20.2 Å². The lowest BCUT2D eigenvalue weighted by atomic mass is 9.74. The molecule has 0 radical (unpaired) electrons. The smallest absolute Gasteiger partial charge is 0.327 e. The van der Waals surface area contributed by atoms with Crippen molar-refractivity contribution in [3.63, 3.8) is 0 Å². The van der Waals surface area contributed by atoms with Crippen molar-refractivity contribution in [1.82, 2.24) is 20.8 Å². The molecular formula is C17H21N5O4. The van der Waals surface area contributed by atoms with Crippen molar-refractivity contribution in [3.8, 4) is 11.5 Å². The van der Waals surface area contributed by atoms with E-state index in [2.05, 4.69) is 26.1 Å². The van der Waals surface area contributed by atoms with Crippen LogP contribution in [-0.4, -0.2) is 33.9 Å². The maximum absolute atomic E-state index is 12.6. The van der Waals surface area contributed by atoms with Crippen LogP contribution < -0.4 is 32.2 Å². The van der Waals surface area contributed by atoms with Crippen molar-refractivity contribution in [2.75, 3.05) is 11.9 Å². The van der Waals surface area contributed by atoms with E-state index in [1.807, 2.05) is 13.8 Å². The van der Waals surface area contributed by atoms with E-state index in [4.69, 9.17) is 4.74 Å². The standard InChI is InChI=1S/C17H21N5O4/c1-3-26-9-6-4-5-8(13(9)23)11-10-7(2)21-22-15(10)18-14-12(11)16(24)20-17(25)19-14/h4-7,10-11,15,21-23H,3H2,1-2H3,(H3,18,19,20,24,25). The second-order valence-corrected chi connectivity index (χ2v) is 6.58. The maximum Gasteiger partial charge on any atom is 0.327 e. The van der Waals surface area contributed by atoms with E-state index < -0.39 is 17.2 Å². The van der Waals surface area contributed by atoms with Gasteiger partial charge in [0.2, 0.25) is 0 Å². The Balaban J connectivity index is 1.95. The van der Waals surface area contributed by atoms with Gasteiger partial charge in [0.15, 0.2) is 11.5 Å². The summed E-state index contributed by atoms with van der Waals surface area (Å²) in [4.78, 5) is 29.3. The van der Waals surface area contributed by atoms with Crippen LogP contribution in [0.2, 0.25) is 0 Å². The Morgan fingerprint density at radius 3 is 2.77 bits per heavy atom. The number of aromatic amines is 2. The number of aromatic hydroxyl groups is 1. The molecule has 0 saturated carbocycles. The van der Waals surface area contributed by atoms with Gasteiger partial charge in [0.25, 0.3) is 5.56 Å². The summed E-state index contributed by atoms with van der Waals surface area (Å²) in [6.07, 6.45) is -0.213. The number of phenolic OH excluding ortho intramolecular Hbond substituents is 1. The normalized spacial score (nSPS) is 26.7. The molecule has 4 rings (SSSR count). The Labute approximate surface area is 148 Å². The summed E-state index contributed by atoms with van der Waals surface area (Å²) in [6.45, 7) is 4.25. The molecule has 1 saturated heterocycles. The second kappa shape index (κ2) is 6.19. The van der Waals surface area contributed by atoms with Gasteiger partial charge in [0.05, 0.1) is 18.3 Å². The van der Waals surface area contributed by atoms with E-state index in [0.717, 1.165) is 0 Å². The quantitative estimate of drug-likeness (QED) is 0.460. The molecular weight excluding hydrogens is 338 g/mol. The number of nitrogens with one attached hydrogen (secondary N) is 5. The van der Waals surface area contributed by atoms with Gasteiger partial charge in [-0.2, -0.15) is 0 Å². The molecule has 0 spiro atoms. The number of hydrazine groups is 1. The lowest BCUT2D eigenvalue weighted by molar-refractivity contribution is 0.311. The van der Waals surface area contributed by atoms with Crippen LogP contribution in [0.25, 0.3) is 0 Å². The molecule has 26 heavy (non-hydrogen) atoms. The zero-order valence-electron chi connectivity index (χ0n) is 14.4. The summed E-state index contributed by atoms with van der Waals surface area (Å²) in [5.41, 5.74) is 6.23. The Morgan fingerprint density at radius 1 is 1.19 bits per heavy atom. The van der Waals surface area contributed by atoms with Gasteiger partial charge in [0, 0.05) is 23.4 Å². The summed E-state index contributed by atoms with van der Waals surface area (Å²) in [5, 5.41) is 13.9. The molecule has 2 aromatic rings. The highest BCUT2D eigenvalue weighted by atomic mass is 16.5. The number of H-pyrrole nitrogens is 2. The molecule has 2 aliphatic heterocycles. The fourth-order valence-electron chi connectivity index (χ4n) is 4.00. The highest BCUT2D eigenvalue weighted by Gasteiger charge is 2.47. The van der Waals surface area contributed by atoms with E-state index in [0.29, 0.717) is 29.3 Å². The molecule has 2 aliphatic rings. The largest absolute Gasteiger partial charge is 0.504 e. The van der Waals surface area contributed by atoms with Crippen molar-refractivity contribution < 1.29 is 9.84 Å². The summed E-state index contributed by atoms with van der Waals surface area (Å²) in [7, 11) is 0. The number of hydrogen-bond donors (Lipinski definition) is 6. The van der Waals surface area contributed by atoms with Crippen LogP contribution in [0.5, 0.6) is 11.5 Å². The van der Waals surface area contributed by atoms with Crippen LogP contribution in [0.4, 0.5) is 5.82 Å². The van der Waals surface area contributed by atoms with Crippen LogP contribution in [0.3, 0.4) is 0 Å². The minimum absolute atomic E-state index is 0.00986. The highest BCUT2D eigenvalue weighted by molar-refractivity contribution is 5.58. The molecule has 138 valence electrons. The van der Waals surface area contributed by atoms with Crippen molar-refractivity contribution in [2.24, 2.45) is 5.92 Å². The number of aromatic nitrogens is 2. The third kappa shape index (κ3) is 2.47. The van der Waals surface area contributed by atoms with Gasteiger partial charge in [-0.1, -0.05) is 12.1 Å². The topological polar surface area (TPSA) is 131 Å². The monoisotopic (exact) mass is 359 g/mol. The third-order valence-electron chi connectivity index (χ3n) is 5.07. The van der Waals surface area contributed by atoms with Gasteiger partial charge in [-0.05, 0) is 19.9 Å². The molecule has 0 bridgehead atoms. The first kappa shape index (κ1) is 16.7. The van der Waals surface area contributed by atoms with Crippen molar-refractivity contribution in [2.45, 2.75) is 32.0 Å². The molecule has 9 nitrogen and oxygen atoms in total. The second-order valence-electron chi connectivity index (χ2n) is 6.58. The van der Waals surface area contributed by atoms with E-state index in [1.54, 1.807) is 18.2 Å². The van der Waals surface area contributed by atoms with Crippen LogP contribution in [0.1, 0.15) is 30.9 Å². The summed E-state index contributed by atoms with van der Waals surface area (Å²) >= 11 is 0. The van der Waals surface area contributed by atoms with Gasteiger partial charge in [-0.25, -0.2) is 10.2 Å². The first-order valence-electron chi connectivity index (χ1n) is 8.60. The van der Waals surface area contributed by atoms with Gasteiger partial charge < -0.3 is 15.2 Å². The van der Waals surface area contributed by atoms with Crippen LogP contribution >= 0.6 is 0 Å². The lowest BCUT2D eigenvalue weighted by Gasteiger charge is -2.36. The molecule has 6 N–H and O–H groups in total. The van der Waals surface area contributed by atoms with Crippen LogP contribution in [0, 0.1) is 5.92 Å². The summed E-state index contributed by atoms with van der Waals surface area (Å²) < 4.78 is 5.50. The Bertz CT molecular complexity index is 953. The van der Waals surface area contributed by atoms with Crippen molar-refractivity contribution in [3.05, 3.63) is 50.2 Å². The molecule has 0 amide bonds. The molecule has 9 heteroatoms. The SMILES string of the molecule is CCOc1cccc(C2c3c([nH]c(=O)[nH]c3=O)NC3NNC(C)C32)c1O. The fraction of sp³-hybridized carbons (Fsp3) is 0.412. The number of hydrogen-bond acceptors (Lipinski definition) is 7. The summed E-state index contributed by atoms with van der Waals surface area (Å²) in [6, 6.07) is 5.28. The Kier molecular flexibility index (Phi) is 3.97. The van der Waals surface area contributed by atoms with Gasteiger partial charge in [-0.15, -0.1) is 0 Å². The third-order valence-corrected chi connectivity index (χ3v) is 5.07. The van der Waals surface area contributed by atoms with Crippen LogP contribution in [0.15, 0.2) is 27.8 Å². The van der Waals surface area contributed by atoms with E-state index in [-0.39, 0.29) is 23.9 Å². The zero-order valence-corrected chi connectivity index (χ0v) is 14.4. The number of para-hydroxylation sites is 1. The number of rotatable bonds is 3. The number of ether oxygens (including phenoxy) is 1. The van der Waals surface area contributed by atoms with E-state index in [1.165, 1.54) is 0 Å². The number of benzene rings is 1. The molecule has 4 unspecified atom stereocenters. The molecule has 4 atom stereocenters. The van der Waals surface area contributed by atoms with Gasteiger partial charge >= 0.3 is 5.69 Å². The zero-order chi connectivity index (χ0) is 18.4. The molecule has 0 aliphatic carbocycles. The van der Waals surface area contributed by atoms with Crippen molar-refractivity contribution >= 4 is 5.82 Å². The predicted octanol–water partition coefficient (Wildman–Crippen LogP) is 0.163. The van der Waals surface area contributed by atoms with E-state index in [9.17, 15) is 14.7 Å². The number of anilines is 1. The van der Waals surface area contributed by atoms with Crippen molar-refractivity contribution in [1.29, 1.82) is 0 Å². The fourth-order valence-corrected chi connectivity index (χ4v) is 4.00. The van der Waals surface area contributed by atoms with E-state index >= 15 is 0 Å². The first-order valence-corrected chi connectivity index (χ1v) is 8.60. The first-order chi connectivity index (χ1) is 12.5. The molecule has 3 heterocycles. The van der Waals surface area contributed by atoms with Crippen LogP contribution in [-0.2, 0) is 0 Å². The lowest BCUT2D eigenvalue weighted by Crippen LogP contribution is -2.47. The Morgan fingerprint density at radius 2 is 2.00 bits per heavy atom. The minimum Gasteiger partial charge on any atom is -0.504 e. The molecule has 1 fully saturated rings. The summed E-state index contributed by atoms with van der Waals surface area (Å²) in [5.74, 6) is 0.228. The average Bonchev–Trinajstić information content (AvgIpc) is 2.96.